The molecule has 106 valence electrons. The molecule has 0 aliphatic heterocycles. The molecule has 0 bridgehead atoms. The summed E-state index contributed by atoms with van der Waals surface area (Å²) in [7, 11) is 1.90. The normalized spacial score (nSPS) is 12.2. The molecule has 0 spiro atoms. The van der Waals surface area contributed by atoms with E-state index in [-0.39, 0.29) is 11.2 Å². The van der Waals surface area contributed by atoms with Gasteiger partial charge in [-0.3, -0.25) is 4.79 Å². The summed E-state index contributed by atoms with van der Waals surface area (Å²) >= 11 is 1.41. The molecule has 1 aromatic heterocycles. The van der Waals surface area contributed by atoms with Gasteiger partial charge in [0.05, 0.1) is 5.25 Å². The molecule has 0 aliphatic carbocycles. The first kappa shape index (κ1) is 14.6. The molecule has 1 N–H and O–H groups in total. The maximum absolute atomic E-state index is 12.0. The molecule has 0 saturated heterocycles. The van der Waals surface area contributed by atoms with Gasteiger partial charge in [-0.1, -0.05) is 42.1 Å². The monoisotopic (exact) mass is 290 g/mol. The summed E-state index contributed by atoms with van der Waals surface area (Å²) in [5.74, 6) is 0.837. The van der Waals surface area contributed by atoms with Crippen LogP contribution in [-0.2, 0) is 18.4 Å². The average molecular weight is 290 g/mol. The first-order valence-corrected chi connectivity index (χ1v) is 7.30. The maximum Gasteiger partial charge on any atom is 0.233 e. The molecular weight excluding hydrogens is 272 g/mol. The quantitative estimate of drug-likeness (QED) is 0.855. The van der Waals surface area contributed by atoms with Crippen LogP contribution in [0, 0.1) is 6.92 Å². The van der Waals surface area contributed by atoms with Gasteiger partial charge in [0.25, 0.3) is 0 Å². The summed E-state index contributed by atoms with van der Waals surface area (Å²) in [5, 5.41) is 11.5. The highest BCUT2D eigenvalue weighted by Gasteiger charge is 2.17. The number of hydrogen-bond donors (Lipinski definition) is 1. The number of carbonyl (C=O) groups excluding carboxylic acids is 1. The number of amides is 1. The summed E-state index contributed by atoms with van der Waals surface area (Å²) < 4.78 is 1.88. The summed E-state index contributed by atoms with van der Waals surface area (Å²) in [6.45, 7) is 4.30. The maximum atomic E-state index is 12.0. The fraction of sp³-hybridized carbons (Fsp3) is 0.357. The lowest BCUT2D eigenvalue weighted by molar-refractivity contribution is -0.120. The Morgan fingerprint density at radius 2 is 2.05 bits per heavy atom. The van der Waals surface area contributed by atoms with E-state index >= 15 is 0 Å². The SMILES string of the molecule is Cc1nnc(S[C@@H](C)C(=O)NCc2ccccc2)n1C. The van der Waals surface area contributed by atoms with Crippen molar-refractivity contribution >= 4 is 17.7 Å². The largest absolute Gasteiger partial charge is 0.351 e. The minimum absolute atomic E-state index is 0.000457. The van der Waals surface area contributed by atoms with E-state index in [1.165, 1.54) is 11.8 Å². The van der Waals surface area contributed by atoms with Gasteiger partial charge in [0.1, 0.15) is 5.82 Å². The molecule has 0 unspecified atom stereocenters. The van der Waals surface area contributed by atoms with Crippen molar-refractivity contribution in [1.29, 1.82) is 0 Å². The van der Waals surface area contributed by atoms with Gasteiger partial charge in [-0.15, -0.1) is 10.2 Å². The lowest BCUT2D eigenvalue weighted by Crippen LogP contribution is -2.30. The lowest BCUT2D eigenvalue weighted by Gasteiger charge is -2.11. The van der Waals surface area contributed by atoms with Gasteiger partial charge in [-0.05, 0) is 19.4 Å². The zero-order chi connectivity index (χ0) is 14.5. The van der Waals surface area contributed by atoms with Gasteiger partial charge in [-0.25, -0.2) is 0 Å². The van der Waals surface area contributed by atoms with Crippen molar-refractivity contribution in [2.24, 2.45) is 7.05 Å². The number of hydrogen-bond acceptors (Lipinski definition) is 4. The van der Waals surface area contributed by atoms with E-state index in [0.29, 0.717) is 6.54 Å². The molecule has 1 aromatic carbocycles. The number of nitrogens with zero attached hydrogens (tertiary/aromatic N) is 3. The van der Waals surface area contributed by atoms with Crippen LogP contribution in [-0.4, -0.2) is 25.9 Å². The Hall–Kier alpha value is -1.82. The number of aryl methyl sites for hydroxylation is 1. The molecule has 0 radical (unpaired) electrons. The van der Waals surface area contributed by atoms with Crippen molar-refractivity contribution in [3.63, 3.8) is 0 Å². The molecule has 1 amide bonds. The smallest absolute Gasteiger partial charge is 0.233 e. The molecule has 5 nitrogen and oxygen atoms in total. The van der Waals surface area contributed by atoms with E-state index in [1.807, 2.05) is 55.8 Å². The number of benzene rings is 1. The summed E-state index contributed by atoms with van der Waals surface area (Å²) in [6, 6.07) is 9.86. The molecule has 1 heterocycles. The van der Waals surface area contributed by atoms with E-state index in [1.54, 1.807) is 0 Å². The predicted molar refractivity (Wildman–Crippen MR) is 79.3 cm³/mol. The van der Waals surface area contributed by atoms with Gasteiger partial charge in [0, 0.05) is 13.6 Å². The highest BCUT2D eigenvalue weighted by Crippen LogP contribution is 2.21. The van der Waals surface area contributed by atoms with Crippen LogP contribution in [0.15, 0.2) is 35.5 Å². The number of rotatable bonds is 5. The van der Waals surface area contributed by atoms with Crippen molar-refractivity contribution in [2.45, 2.75) is 30.8 Å². The van der Waals surface area contributed by atoms with Gasteiger partial charge in [0.2, 0.25) is 5.91 Å². The van der Waals surface area contributed by atoms with Crippen molar-refractivity contribution in [1.82, 2.24) is 20.1 Å². The second-order valence-corrected chi connectivity index (χ2v) is 5.86. The standard InChI is InChI=1S/C14H18N4OS/c1-10(20-14-17-16-11(2)18(14)3)13(19)15-9-12-7-5-4-6-8-12/h4-8,10H,9H2,1-3H3,(H,15,19)/t10-/m0/s1. The van der Waals surface area contributed by atoms with Crippen LogP contribution < -0.4 is 5.32 Å². The van der Waals surface area contributed by atoms with Crippen molar-refractivity contribution in [3.8, 4) is 0 Å². The van der Waals surface area contributed by atoms with Crippen LogP contribution in [0.2, 0.25) is 0 Å². The minimum atomic E-state index is -0.207. The molecule has 6 heteroatoms. The Bertz CT molecular complexity index is 582. The third-order valence-electron chi connectivity index (χ3n) is 3.01. The Labute approximate surface area is 122 Å². The molecule has 2 aromatic rings. The van der Waals surface area contributed by atoms with Gasteiger partial charge in [0.15, 0.2) is 5.16 Å². The zero-order valence-corrected chi connectivity index (χ0v) is 12.6. The first-order valence-electron chi connectivity index (χ1n) is 6.42. The fourth-order valence-electron chi connectivity index (χ4n) is 1.63. The van der Waals surface area contributed by atoms with E-state index in [0.717, 1.165) is 16.5 Å². The zero-order valence-electron chi connectivity index (χ0n) is 11.8. The van der Waals surface area contributed by atoms with Crippen LogP contribution in [0.5, 0.6) is 0 Å². The third kappa shape index (κ3) is 3.60. The second-order valence-electron chi connectivity index (χ2n) is 4.55. The fourth-order valence-corrected chi connectivity index (χ4v) is 2.52. The van der Waals surface area contributed by atoms with Gasteiger partial charge < -0.3 is 9.88 Å². The summed E-state index contributed by atoms with van der Waals surface area (Å²) in [4.78, 5) is 12.0. The van der Waals surface area contributed by atoms with E-state index in [2.05, 4.69) is 15.5 Å². The molecule has 20 heavy (non-hydrogen) atoms. The molecule has 0 aliphatic rings. The minimum Gasteiger partial charge on any atom is -0.351 e. The van der Waals surface area contributed by atoms with E-state index in [4.69, 9.17) is 0 Å². The first-order chi connectivity index (χ1) is 9.58. The predicted octanol–water partition coefficient (Wildman–Crippen LogP) is 1.92. The van der Waals surface area contributed by atoms with Gasteiger partial charge >= 0.3 is 0 Å². The Morgan fingerprint density at radius 1 is 1.35 bits per heavy atom. The second kappa shape index (κ2) is 6.56. The molecule has 0 fully saturated rings. The molecule has 0 saturated carbocycles. The Kier molecular flexibility index (Phi) is 4.79. The van der Waals surface area contributed by atoms with Crippen LogP contribution >= 0.6 is 11.8 Å². The van der Waals surface area contributed by atoms with Gasteiger partial charge in [-0.2, -0.15) is 0 Å². The topological polar surface area (TPSA) is 59.8 Å². The lowest BCUT2D eigenvalue weighted by atomic mass is 10.2. The summed E-state index contributed by atoms with van der Waals surface area (Å²) in [6.07, 6.45) is 0. The van der Waals surface area contributed by atoms with Crippen molar-refractivity contribution < 1.29 is 4.79 Å². The number of thioether (sulfide) groups is 1. The highest BCUT2D eigenvalue weighted by molar-refractivity contribution is 8.00. The Balaban J connectivity index is 1.88. The number of aromatic nitrogens is 3. The molecule has 1 atom stereocenters. The number of nitrogens with one attached hydrogen (secondary N) is 1. The van der Waals surface area contributed by atoms with Crippen molar-refractivity contribution in [2.75, 3.05) is 0 Å². The van der Waals surface area contributed by atoms with Crippen LogP contribution in [0.4, 0.5) is 0 Å². The highest BCUT2D eigenvalue weighted by atomic mass is 32.2. The Morgan fingerprint density at radius 3 is 2.65 bits per heavy atom. The van der Waals surface area contributed by atoms with E-state index < -0.39 is 0 Å². The molecule has 2 rings (SSSR count). The van der Waals surface area contributed by atoms with Crippen LogP contribution in [0.1, 0.15) is 18.3 Å². The average Bonchev–Trinajstić information content (AvgIpc) is 2.78. The van der Waals surface area contributed by atoms with Crippen molar-refractivity contribution in [3.05, 3.63) is 41.7 Å². The number of carbonyl (C=O) groups is 1. The summed E-state index contributed by atoms with van der Waals surface area (Å²) in [5.41, 5.74) is 1.09. The van der Waals surface area contributed by atoms with Crippen LogP contribution in [0.25, 0.3) is 0 Å². The van der Waals surface area contributed by atoms with Crippen LogP contribution in [0.3, 0.4) is 0 Å². The third-order valence-corrected chi connectivity index (χ3v) is 4.15. The molecular formula is C14H18N4OS. The van der Waals surface area contributed by atoms with E-state index in [9.17, 15) is 4.79 Å².